The minimum Gasteiger partial charge on any atom is -0.474 e. The van der Waals surface area contributed by atoms with Gasteiger partial charge in [0.05, 0.1) is 0 Å². The Morgan fingerprint density at radius 2 is 2.11 bits per heavy atom. The van der Waals surface area contributed by atoms with Crippen molar-refractivity contribution in [2.24, 2.45) is 5.84 Å². The van der Waals surface area contributed by atoms with Crippen molar-refractivity contribution in [3.8, 4) is 5.88 Å². The number of nitrogens with two attached hydrogens (primary N) is 1. The van der Waals surface area contributed by atoms with E-state index in [9.17, 15) is 0 Å². The van der Waals surface area contributed by atoms with Crippen LogP contribution >= 0.6 is 0 Å². The largest absolute Gasteiger partial charge is 0.474 e. The summed E-state index contributed by atoms with van der Waals surface area (Å²) in [5, 5.41) is 0. The molecule has 2 rings (SSSR count). The second-order valence-corrected chi connectivity index (χ2v) is 4.46. The Bertz CT molecular complexity index is 380. The minimum atomic E-state index is 0.259. The number of rotatable bonds is 5. The summed E-state index contributed by atoms with van der Waals surface area (Å²) >= 11 is 0. The summed E-state index contributed by atoms with van der Waals surface area (Å²) in [6.07, 6.45) is 6.19. The van der Waals surface area contributed by atoms with E-state index in [-0.39, 0.29) is 6.10 Å². The summed E-state index contributed by atoms with van der Waals surface area (Å²) in [5.41, 5.74) is 2.52. The van der Waals surface area contributed by atoms with Crippen molar-refractivity contribution in [1.82, 2.24) is 9.97 Å². The number of anilines is 1. The molecule has 0 aliphatic heterocycles. The Morgan fingerprint density at radius 3 is 2.78 bits per heavy atom. The van der Waals surface area contributed by atoms with E-state index in [0.29, 0.717) is 24.1 Å². The summed E-state index contributed by atoms with van der Waals surface area (Å²) in [5.74, 6) is 7.06. The molecule has 0 unspecified atom stereocenters. The first kappa shape index (κ1) is 13.0. The Labute approximate surface area is 107 Å². The highest BCUT2D eigenvalue weighted by Crippen LogP contribution is 2.23. The highest BCUT2D eigenvalue weighted by Gasteiger charge is 2.16. The number of hydrazine groups is 1. The average molecular weight is 252 g/mol. The van der Waals surface area contributed by atoms with Crippen molar-refractivity contribution in [3.05, 3.63) is 11.9 Å². The summed E-state index contributed by atoms with van der Waals surface area (Å²) in [6, 6.07) is 1.72. The zero-order valence-electron chi connectivity index (χ0n) is 10.7. The van der Waals surface area contributed by atoms with Crippen molar-refractivity contribution >= 4 is 5.82 Å². The summed E-state index contributed by atoms with van der Waals surface area (Å²) < 4.78 is 10.9. The van der Waals surface area contributed by atoms with Crippen molar-refractivity contribution in [2.45, 2.75) is 44.8 Å². The van der Waals surface area contributed by atoms with Crippen LogP contribution in [0.25, 0.3) is 0 Å². The lowest BCUT2D eigenvalue weighted by Gasteiger charge is -2.22. The Kier molecular flexibility index (Phi) is 4.72. The normalized spacial score (nSPS) is 16.6. The zero-order chi connectivity index (χ0) is 12.8. The maximum Gasteiger partial charge on any atom is 0.219 e. The van der Waals surface area contributed by atoms with Gasteiger partial charge in [0.25, 0.3) is 0 Å². The summed E-state index contributed by atoms with van der Waals surface area (Å²) in [7, 11) is 1.60. The topological polar surface area (TPSA) is 82.3 Å². The van der Waals surface area contributed by atoms with Crippen LogP contribution in [0, 0.1) is 0 Å². The first-order chi connectivity index (χ1) is 8.81. The quantitative estimate of drug-likeness (QED) is 0.612. The SMILES string of the molecule is COCc1nc(NN)cc(OC2CCCCC2)n1. The van der Waals surface area contributed by atoms with Crippen LogP contribution in [0.4, 0.5) is 5.82 Å². The highest BCUT2D eigenvalue weighted by atomic mass is 16.5. The Balaban J connectivity index is 2.07. The Hall–Kier alpha value is -1.40. The second-order valence-electron chi connectivity index (χ2n) is 4.46. The van der Waals surface area contributed by atoms with Gasteiger partial charge in [-0.1, -0.05) is 6.42 Å². The molecule has 0 amide bonds. The molecule has 1 aliphatic rings. The molecule has 1 aromatic heterocycles. The molecular formula is C12H20N4O2. The number of hydrogen-bond acceptors (Lipinski definition) is 6. The van der Waals surface area contributed by atoms with Crippen molar-refractivity contribution in [2.75, 3.05) is 12.5 Å². The highest BCUT2D eigenvalue weighted by molar-refractivity contribution is 5.37. The number of nitrogens with one attached hydrogen (secondary N) is 1. The fourth-order valence-corrected chi connectivity index (χ4v) is 2.15. The van der Waals surface area contributed by atoms with E-state index in [1.54, 1.807) is 13.2 Å². The van der Waals surface area contributed by atoms with E-state index < -0.39 is 0 Å². The number of nitrogens with zero attached hydrogens (tertiary/aromatic N) is 2. The molecule has 1 aromatic rings. The van der Waals surface area contributed by atoms with Gasteiger partial charge < -0.3 is 14.9 Å². The maximum atomic E-state index is 5.88. The van der Waals surface area contributed by atoms with Gasteiger partial charge in [-0.05, 0) is 25.7 Å². The number of nitrogen functional groups attached to an aromatic ring is 1. The predicted octanol–water partition coefficient (Wildman–Crippen LogP) is 1.62. The molecule has 0 bridgehead atoms. The van der Waals surface area contributed by atoms with Gasteiger partial charge in [0.1, 0.15) is 18.5 Å². The molecule has 1 fully saturated rings. The third-order valence-electron chi connectivity index (χ3n) is 3.01. The van der Waals surface area contributed by atoms with Crippen LogP contribution in [0.5, 0.6) is 5.88 Å². The first-order valence-electron chi connectivity index (χ1n) is 6.32. The number of methoxy groups -OCH3 is 1. The van der Waals surface area contributed by atoms with Gasteiger partial charge >= 0.3 is 0 Å². The van der Waals surface area contributed by atoms with E-state index in [2.05, 4.69) is 15.4 Å². The minimum absolute atomic E-state index is 0.259. The van der Waals surface area contributed by atoms with Crippen LogP contribution in [0.3, 0.4) is 0 Å². The van der Waals surface area contributed by atoms with Gasteiger partial charge in [-0.25, -0.2) is 10.8 Å². The lowest BCUT2D eigenvalue weighted by Crippen LogP contribution is -2.21. The lowest BCUT2D eigenvalue weighted by atomic mass is 9.98. The van der Waals surface area contributed by atoms with Crippen LogP contribution in [0.1, 0.15) is 37.9 Å². The molecule has 0 atom stereocenters. The fraction of sp³-hybridized carbons (Fsp3) is 0.667. The Morgan fingerprint density at radius 1 is 1.33 bits per heavy atom. The smallest absolute Gasteiger partial charge is 0.219 e. The van der Waals surface area contributed by atoms with Crippen LogP contribution in [0.2, 0.25) is 0 Å². The maximum absolute atomic E-state index is 5.88. The van der Waals surface area contributed by atoms with Crippen molar-refractivity contribution < 1.29 is 9.47 Å². The molecule has 1 heterocycles. The average Bonchev–Trinajstić information content (AvgIpc) is 2.40. The van der Waals surface area contributed by atoms with E-state index in [4.69, 9.17) is 15.3 Å². The zero-order valence-corrected chi connectivity index (χ0v) is 10.7. The summed E-state index contributed by atoms with van der Waals surface area (Å²) in [4.78, 5) is 8.49. The van der Waals surface area contributed by atoms with Gasteiger partial charge in [0.2, 0.25) is 5.88 Å². The van der Waals surface area contributed by atoms with Crippen LogP contribution in [-0.2, 0) is 11.3 Å². The fourth-order valence-electron chi connectivity index (χ4n) is 2.15. The van der Waals surface area contributed by atoms with Gasteiger partial charge in [0.15, 0.2) is 5.82 Å². The van der Waals surface area contributed by atoms with Crippen LogP contribution in [0.15, 0.2) is 6.07 Å². The molecular weight excluding hydrogens is 232 g/mol. The van der Waals surface area contributed by atoms with Crippen LogP contribution in [-0.4, -0.2) is 23.2 Å². The van der Waals surface area contributed by atoms with E-state index in [1.807, 2.05) is 0 Å². The standard InChI is InChI=1S/C12H20N4O2/c1-17-8-11-14-10(16-13)7-12(15-11)18-9-5-3-2-4-6-9/h7,9H,2-6,8,13H2,1H3,(H,14,15,16). The van der Waals surface area contributed by atoms with Gasteiger partial charge in [-0.15, -0.1) is 0 Å². The molecule has 0 radical (unpaired) electrons. The third-order valence-corrected chi connectivity index (χ3v) is 3.01. The van der Waals surface area contributed by atoms with Gasteiger partial charge in [0, 0.05) is 13.2 Å². The second kappa shape index (κ2) is 6.51. The molecule has 6 heteroatoms. The third kappa shape index (κ3) is 3.54. The van der Waals surface area contributed by atoms with Gasteiger partial charge in [-0.3, -0.25) is 0 Å². The molecule has 0 aromatic carbocycles. The summed E-state index contributed by atoms with van der Waals surface area (Å²) in [6.45, 7) is 0.344. The molecule has 6 nitrogen and oxygen atoms in total. The van der Waals surface area contributed by atoms with Crippen molar-refractivity contribution in [1.29, 1.82) is 0 Å². The predicted molar refractivity (Wildman–Crippen MR) is 68.1 cm³/mol. The molecule has 3 N–H and O–H groups in total. The monoisotopic (exact) mass is 252 g/mol. The van der Waals surface area contributed by atoms with Crippen LogP contribution < -0.4 is 16.0 Å². The molecule has 1 saturated carbocycles. The van der Waals surface area contributed by atoms with E-state index >= 15 is 0 Å². The lowest BCUT2D eigenvalue weighted by molar-refractivity contribution is 0.144. The number of hydrogen-bond donors (Lipinski definition) is 2. The first-order valence-corrected chi connectivity index (χ1v) is 6.32. The number of aromatic nitrogens is 2. The number of ether oxygens (including phenoxy) is 2. The van der Waals surface area contributed by atoms with E-state index in [0.717, 1.165) is 12.8 Å². The van der Waals surface area contributed by atoms with Gasteiger partial charge in [-0.2, -0.15) is 4.98 Å². The molecule has 0 spiro atoms. The molecule has 0 saturated heterocycles. The molecule has 1 aliphatic carbocycles. The molecule has 100 valence electrons. The molecule has 18 heavy (non-hydrogen) atoms. The van der Waals surface area contributed by atoms with E-state index in [1.165, 1.54) is 19.3 Å². The van der Waals surface area contributed by atoms with Crippen molar-refractivity contribution in [3.63, 3.8) is 0 Å².